The standard InChI is InChI=1S/C16H16ClNO2/c1-11-3-4-12(2)15(9-11)20-10-16(19)18-14-7-5-13(17)6-8-14/h3-9H,10H2,1-2H3,(H,18,19). The Balaban J connectivity index is 1.92. The van der Waals surface area contributed by atoms with Gasteiger partial charge in [0.15, 0.2) is 6.61 Å². The molecule has 104 valence electrons. The van der Waals surface area contributed by atoms with Crippen LogP contribution in [0.1, 0.15) is 11.1 Å². The van der Waals surface area contributed by atoms with Gasteiger partial charge in [-0.25, -0.2) is 0 Å². The molecule has 0 saturated heterocycles. The maximum Gasteiger partial charge on any atom is 0.262 e. The van der Waals surface area contributed by atoms with Gasteiger partial charge in [-0.3, -0.25) is 4.79 Å². The number of ether oxygens (including phenoxy) is 1. The van der Waals surface area contributed by atoms with Crippen LogP contribution in [0.25, 0.3) is 0 Å². The highest BCUT2D eigenvalue weighted by Crippen LogP contribution is 2.19. The molecule has 3 nitrogen and oxygen atoms in total. The predicted molar refractivity (Wildman–Crippen MR) is 81.5 cm³/mol. The minimum atomic E-state index is -0.201. The lowest BCUT2D eigenvalue weighted by Crippen LogP contribution is -2.20. The fraction of sp³-hybridized carbons (Fsp3) is 0.188. The van der Waals surface area contributed by atoms with Crippen molar-refractivity contribution in [2.45, 2.75) is 13.8 Å². The zero-order chi connectivity index (χ0) is 14.5. The van der Waals surface area contributed by atoms with Crippen LogP contribution in [0.2, 0.25) is 5.02 Å². The minimum Gasteiger partial charge on any atom is -0.483 e. The highest BCUT2D eigenvalue weighted by Gasteiger charge is 2.05. The van der Waals surface area contributed by atoms with Crippen LogP contribution in [0.3, 0.4) is 0 Å². The third-order valence-corrected chi connectivity index (χ3v) is 3.08. The van der Waals surface area contributed by atoms with Gasteiger partial charge in [0.1, 0.15) is 5.75 Å². The Bertz CT molecular complexity index is 608. The van der Waals surface area contributed by atoms with Crippen molar-refractivity contribution in [1.29, 1.82) is 0 Å². The van der Waals surface area contributed by atoms with Crippen molar-refractivity contribution in [2.24, 2.45) is 0 Å². The first kappa shape index (κ1) is 14.4. The van der Waals surface area contributed by atoms with E-state index < -0.39 is 0 Å². The SMILES string of the molecule is Cc1ccc(C)c(OCC(=O)Nc2ccc(Cl)cc2)c1. The molecule has 2 rings (SSSR count). The molecule has 0 saturated carbocycles. The van der Waals surface area contributed by atoms with Crippen LogP contribution in [0.4, 0.5) is 5.69 Å². The number of benzene rings is 2. The van der Waals surface area contributed by atoms with E-state index in [1.165, 1.54) is 0 Å². The maximum atomic E-state index is 11.8. The summed E-state index contributed by atoms with van der Waals surface area (Å²) in [5.41, 5.74) is 2.81. The van der Waals surface area contributed by atoms with E-state index in [4.69, 9.17) is 16.3 Å². The van der Waals surface area contributed by atoms with Crippen molar-refractivity contribution in [3.8, 4) is 5.75 Å². The van der Waals surface area contributed by atoms with Crippen molar-refractivity contribution in [1.82, 2.24) is 0 Å². The molecule has 20 heavy (non-hydrogen) atoms. The molecule has 0 bridgehead atoms. The summed E-state index contributed by atoms with van der Waals surface area (Å²) in [6, 6.07) is 12.9. The Morgan fingerprint density at radius 1 is 1.15 bits per heavy atom. The average Bonchev–Trinajstić information content (AvgIpc) is 2.42. The van der Waals surface area contributed by atoms with Crippen LogP contribution in [0.5, 0.6) is 5.75 Å². The molecule has 0 aromatic heterocycles. The molecule has 0 aliphatic heterocycles. The molecule has 2 aromatic rings. The second kappa shape index (κ2) is 6.44. The lowest BCUT2D eigenvalue weighted by atomic mass is 10.1. The van der Waals surface area contributed by atoms with E-state index in [2.05, 4.69) is 5.32 Å². The number of hydrogen-bond acceptors (Lipinski definition) is 2. The van der Waals surface area contributed by atoms with E-state index in [0.717, 1.165) is 16.9 Å². The predicted octanol–water partition coefficient (Wildman–Crippen LogP) is 3.97. The van der Waals surface area contributed by atoms with Gasteiger partial charge in [-0.1, -0.05) is 23.7 Å². The quantitative estimate of drug-likeness (QED) is 0.925. The van der Waals surface area contributed by atoms with Gasteiger partial charge >= 0.3 is 0 Å². The molecule has 4 heteroatoms. The highest BCUT2D eigenvalue weighted by molar-refractivity contribution is 6.30. The van der Waals surface area contributed by atoms with Gasteiger partial charge in [-0.2, -0.15) is 0 Å². The van der Waals surface area contributed by atoms with Crippen LogP contribution < -0.4 is 10.1 Å². The van der Waals surface area contributed by atoms with E-state index in [1.807, 2.05) is 32.0 Å². The van der Waals surface area contributed by atoms with E-state index in [9.17, 15) is 4.79 Å². The third kappa shape index (κ3) is 4.00. The van der Waals surface area contributed by atoms with E-state index in [1.54, 1.807) is 24.3 Å². The number of aryl methyl sites for hydroxylation is 2. The zero-order valence-electron chi connectivity index (χ0n) is 11.4. The van der Waals surface area contributed by atoms with Gasteiger partial charge < -0.3 is 10.1 Å². The smallest absolute Gasteiger partial charge is 0.262 e. The van der Waals surface area contributed by atoms with Gasteiger partial charge in [-0.05, 0) is 55.3 Å². The first-order valence-corrected chi connectivity index (χ1v) is 6.68. The lowest BCUT2D eigenvalue weighted by molar-refractivity contribution is -0.118. The van der Waals surface area contributed by atoms with E-state index in [0.29, 0.717) is 10.7 Å². The number of amides is 1. The summed E-state index contributed by atoms with van der Waals surface area (Å²) in [5, 5.41) is 3.38. The van der Waals surface area contributed by atoms with Crippen LogP contribution in [0, 0.1) is 13.8 Å². The molecule has 0 radical (unpaired) electrons. The second-order valence-electron chi connectivity index (χ2n) is 4.61. The normalized spacial score (nSPS) is 10.2. The molecule has 1 amide bonds. The maximum absolute atomic E-state index is 11.8. The Morgan fingerprint density at radius 2 is 1.85 bits per heavy atom. The summed E-state index contributed by atoms with van der Waals surface area (Å²) >= 11 is 5.78. The first-order valence-electron chi connectivity index (χ1n) is 6.30. The number of carbonyl (C=O) groups is 1. The molecule has 2 aromatic carbocycles. The summed E-state index contributed by atoms with van der Waals surface area (Å²) in [6.07, 6.45) is 0. The Hall–Kier alpha value is -2.00. The van der Waals surface area contributed by atoms with Crippen molar-refractivity contribution < 1.29 is 9.53 Å². The summed E-state index contributed by atoms with van der Waals surface area (Å²) in [6.45, 7) is 3.92. The number of rotatable bonds is 4. The van der Waals surface area contributed by atoms with Crippen molar-refractivity contribution in [3.05, 3.63) is 58.6 Å². The van der Waals surface area contributed by atoms with Gasteiger partial charge in [0.2, 0.25) is 0 Å². The molecule has 0 atom stereocenters. The second-order valence-corrected chi connectivity index (χ2v) is 5.05. The van der Waals surface area contributed by atoms with Gasteiger partial charge in [0.25, 0.3) is 5.91 Å². The monoisotopic (exact) mass is 289 g/mol. The Morgan fingerprint density at radius 3 is 2.55 bits per heavy atom. The summed E-state index contributed by atoms with van der Waals surface area (Å²) in [4.78, 5) is 11.8. The third-order valence-electron chi connectivity index (χ3n) is 2.83. The molecule has 0 spiro atoms. The molecule has 0 aliphatic rings. The zero-order valence-corrected chi connectivity index (χ0v) is 12.2. The minimum absolute atomic E-state index is 0.0209. The first-order chi connectivity index (χ1) is 9.54. The average molecular weight is 290 g/mol. The Labute approximate surface area is 123 Å². The summed E-state index contributed by atoms with van der Waals surface area (Å²) in [5.74, 6) is 0.532. The topological polar surface area (TPSA) is 38.3 Å². The molecular weight excluding hydrogens is 274 g/mol. The van der Waals surface area contributed by atoms with E-state index in [-0.39, 0.29) is 12.5 Å². The fourth-order valence-electron chi connectivity index (χ4n) is 1.74. The largest absolute Gasteiger partial charge is 0.483 e. The number of halogens is 1. The van der Waals surface area contributed by atoms with Crippen LogP contribution in [-0.2, 0) is 4.79 Å². The van der Waals surface area contributed by atoms with Crippen molar-refractivity contribution in [2.75, 3.05) is 11.9 Å². The summed E-state index contributed by atoms with van der Waals surface area (Å²) in [7, 11) is 0. The number of hydrogen-bond donors (Lipinski definition) is 1. The molecule has 0 unspecified atom stereocenters. The fourth-order valence-corrected chi connectivity index (χ4v) is 1.86. The van der Waals surface area contributed by atoms with Gasteiger partial charge in [-0.15, -0.1) is 0 Å². The highest BCUT2D eigenvalue weighted by atomic mass is 35.5. The van der Waals surface area contributed by atoms with Crippen molar-refractivity contribution >= 4 is 23.2 Å². The van der Waals surface area contributed by atoms with Crippen LogP contribution >= 0.6 is 11.6 Å². The van der Waals surface area contributed by atoms with E-state index >= 15 is 0 Å². The summed E-state index contributed by atoms with van der Waals surface area (Å²) < 4.78 is 5.54. The molecule has 1 N–H and O–H groups in total. The van der Waals surface area contributed by atoms with Gasteiger partial charge in [0.05, 0.1) is 0 Å². The molecule has 0 heterocycles. The van der Waals surface area contributed by atoms with Gasteiger partial charge in [0, 0.05) is 10.7 Å². The van der Waals surface area contributed by atoms with Crippen LogP contribution in [0.15, 0.2) is 42.5 Å². The van der Waals surface area contributed by atoms with Crippen LogP contribution in [-0.4, -0.2) is 12.5 Å². The van der Waals surface area contributed by atoms with Crippen molar-refractivity contribution in [3.63, 3.8) is 0 Å². The number of carbonyl (C=O) groups excluding carboxylic acids is 1. The number of nitrogens with one attached hydrogen (secondary N) is 1. The Kier molecular flexibility index (Phi) is 4.64. The molecule has 0 aliphatic carbocycles. The number of anilines is 1. The molecule has 0 fully saturated rings. The molecular formula is C16H16ClNO2. The lowest BCUT2D eigenvalue weighted by Gasteiger charge is -2.10.